The van der Waals surface area contributed by atoms with Crippen molar-refractivity contribution in [3.63, 3.8) is 0 Å². The highest BCUT2D eigenvalue weighted by molar-refractivity contribution is 9.10. The van der Waals surface area contributed by atoms with Crippen molar-refractivity contribution < 1.29 is 9.53 Å². The lowest BCUT2D eigenvalue weighted by molar-refractivity contribution is 0.102. The van der Waals surface area contributed by atoms with Gasteiger partial charge in [-0.05, 0) is 28.1 Å². The Morgan fingerprint density at radius 3 is 2.89 bits per heavy atom. The molecule has 0 radical (unpaired) electrons. The molecule has 0 aliphatic heterocycles. The number of hydrogen-bond donors (Lipinski definition) is 0. The molecule has 0 saturated carbocycles. The SMILES string of the molecule is COCCn1ncc(Br)c1C(=O)c1ccc(Cl)nc1. The van der Waals surface area contributed by atoms with Crippen LogP contribution in [0, 0.1) is 0 Å². The topological polar surface area (TPSA) is 57.0 Å². The van der Waals surface area contributed by atoms with Crippen molar-refractivity contribution in [1.29, 1.82) is 0 Å². The zero-order valence-electron chi connectivity index (χ0n) is 10.1. The van der Waals surface area contributed by atoms with Crippen molar-refractivity contribution in [2.45, 2.75) is 6.54 Å². The van der Waals surface area contributed by atoms with Crippen molar-refractivity contribution in [2.24, 2.45) is 0 Å². The Morgan fingerprint density at radius 1 is 1.47 bits per heavy atom. The molecular weight excluding hydrogens is 334 g/mol. The Kier molecular flexibility index (Phi) is 4.68. The van der Waals surface area contributed by atoms with Crippen LogP contribution in [0.5, 0.6) is 0 Å². The van der Waals surface area contributed by atoms with E-state index in [4.69, 9.17) is 16.3 Å². The van der Waals surface area contributed by atoms with Gasteiger partial charge < -0.3 is 4.74 Å². The summed E-state index contributed by atoms with van der Waals surface area (Å²) in [6.45, 7) is 0.984. The molecule has 2 rings (SSSR count). The maximum atomic E-state index is 12.4. The maximum absolute atomic E-state index is 12.4. The van der Waals surface area contributed by atoms with Gasteiger partial charge in [0.1, 0.15) is 10.8 Å². The van der Waals surface area contributed by atoms with Crippen LogP contribution in [0.4, 0.5) is 0 Å². The molecule has 0 atom stereocenters. The van der Waals surface area contributed by atoms with Crippen LogP contribution in [0.2, 0.25) is 5.15 Å². The number of methoxy groups -OCH3 is 1. The second kappa shape index (κ2) is 6.27. The van der Waals surface area contributed by atoms with Crippen molar-refractivity contribution in [1.82, 2.24) is 14.8 Å². The Hall–Kier alpha value is -1.24. The van der Waals surface area contributed by atoms with E-state index in [-0.39, 0.29) is 5.78 Å². The summed E-state index contributed by atoms with van der Waals surface area (Å²) in [5, 5.41) is 4.49. The molecule has 0 amide bonds. The molecule has 0 aromatic carbocycles. The third-order valence-corrected chi connectivity index (χ3v) is 3.31. The van der Waals surface area contributed by atoms with Gasteiger partial charge in [-0.3, -0.25) is 9.48 Å². The van der Waals surface area contributed by atoms with E-state index < -0.39 is 0 Å². The summed E-state index contributed by atoms with van der Waals surface area (Å²) in [7, 11) is 1.60. The van der Waals surface area contributed by atoms with E-state index in [1.165, 1.54) is 6.20 Å². The largest absolute Gasteiger partial charge is 0.383 e. The van der Waals surface area contributed by atoms with Gasteiger partial charge in [-0.25, -0.2) is 4.98 Å². The molecule has 5 nitrogen and oxygen atoms in total. The highest BCUT2D eigenvalue weighted by Crippen LogP contribution is 2.20. The Labute approximate surface area is 123 Å². The minimum Gasteiger partial charge on any atom is -0.383 e. The number of carbonyl (C=O) groups is 1. The molecule has 2 heterocycles. The van der Waals surface area contributed by atoms with Crippen LogP contribution in [0.1, 0.15) is 16.1 Å². The second-order valence-electron chi connectivity index (χ2n) is 3.76. The fourth-order valence-corrected chi connectivity index (χ4v) is 2.17. The third kappa shape index (κ3) is 3.20. The summed E-state index contributed by atoms with van der Waals surface area (Å²) >= 11 is 9.04. The first-order chi connectivity index (χ1) is 9.13. The number of halogens is 2. The number of aromatic nitrogens is 3. The van der Waals surface area contributed by atoms with E-state index in [0.29, 0.717) is 34.0 Å². The summed E-state index contributed by atoms with van der Waals surface area (Å²) in [6.07, 6.45) is 3.04. The Bertz CT molecular complexity index is 583. The number of ether oxygens (including phenoxy) is 1. The van der Waals surface area contributed by atoms with Crippen LogP contribution in [-0.4, -0.2) is 34.3 Å². The van der Waals surface area contributed by atoms with Crippen molar-refractivity contribution in [2.75, 3.05) is 13.7 Å². The molecule has 2 aromatic heterocycles. The molecule has 0 spiro atoms. The normalized spacial score (nSPS) is 10.7. The summed E-state index contributed by atoms with van der Waals surface area (Å²) in [5.41, 5.74) is 0.936. The molecule has 0 saturated heterocycles. The molecule has 2 aromatic rings. The smallest absolute Gasteiger partial charge is 0.213 e. The molecular formula is C12H11BrClN3O2. The minimum absolute atomic E-state index is 0.162. The number of rotatable bonds is 5. The van der Waals surface area contributed by atoms with E-state index in [9.17, 15) is 4.79 Å². The predicted octanol–water partition coefficient (Wildman–Crippen LogP) is 2.57. The highest BCUT2D eigenvalue weighted by Gasteiger charge is 2.19. The Balaban J connectivity index is 2.32. The first-order valence-corrected chi connectivity index (χ1v) is 6.67. The maximum Gasteiger partial charge on any atom is 0.213 e. The van der Waals surface area contributed by atoms with Crippen LogP contribution >= 0.6 is 27.5 Å². The lowest BCUT2D eigenvalue weighted by Gasteiger charge is -2.06. The van der Waals surface area contributed by atoms with Gasteiger partial charge in [0.15, 0.2) is 0 Å². The number of nitrogens with zero attached hydrogens (tertiary/aromatic N) is 3. The zero-order valence-corrected chi connectivity index (χ0v) is 12.5. The predicted molar refractivity (Wildman–Crippen MR) is 74.5 cm³/mol. The van der Waals surface area contributed by atoms with Crippen LogP contribution in [-0.2, 0) is 11.3 Å². The number of hydrogen-bond acceptors (Lipinski definition) is 4. The molecule has 0 aliphatic carbocycles. The number of ketones is 1. The van der Waals surface area contributed by atoms with Crippen molar-refractivity contribution in [3.8, 4) is 0 Å². The zero-order chi connectivity index (χ0) is 13.8. The fraction of sp³-hybridized carbons (Fsp3) is 0.250. The molecule has 0 aliphatic rings. The summed E-state index contributed by atoms with van der Waals surface area (Å²) in [4.78, 5) is 16.3. The molecule has 0 N–H and O–H groups in total. The molecule has 100 valence electrons. The van der Waals surface area contributed by atoms with Crippen molar-refractivity contribution in [3.05, 3.63) is 45.4 Å². The van der Waals surface area contributed by atoms with Crippen LogP contribution in [0.15, 0.2) is 29.0 Å². The highest BCUT2D eigenvalue weighted by atomic mass is 79.9. The van der Waals surface area contributed by atoms with Gasteiger partial charge in [0, 0.05) is 18.9 Å². The fourth-order valence-electron chi connectivity index (χ4n) is 1.58. The molecule has 0 fully saturated rings. The van der Waals surface area contributed by atoms with Gasteiger partial charge in [0.2, 0.25) is 5.78 Å². The minimum atomic E-state index is -0.162. The molecule has 19 heavy (non-hydrogen) atoms. The van der Waals surface area contributed by atoms with Crippen molar-refractivity contribution >= 4 is 33.3 Å². The van der Waals surface area contributed by atoms with E-state index in [1.807, 2.05) is 0 Å². The molecule has 0 unspecified atom stereocenters. The van der Waals surface area contributed by atoms with Gasteiger partial charge in [-0.15, -0.1) is 0 Å². The lowest BCUT2D eigenvalue weighted by Crippen LogP contribution is -2.15. The van der Waals surface area contributed by atoms with Crippen LogP contribution in [0.3, 0.4) is 0 Å². The molecule has 7 heteroatoms. The van der Waals surface area contributed by atoms with Crippen LogP contribution < -0.4 is 0 Å². The van der Waals surface area contributed by atoms with Crippen LogP contribution in [0.25, 0.3) is 0 Å². The average Bonchev–Trinajstić information content (AvgIpc) is 2.77. The monoisotopic (exact) mass is 343 g/mol. The molecule has 0 bridgehead atoms. The number of pyridine rings is 1. The van der Waals surface area contributed by atoms with E-state index in [1.54, 1.807) is 30.1 Å². The summed E-state index contributed by atoms with van der Waals surface area (Å²) in [6, 6.07) is 3.22. The lowest BCUT2D eigenvalue weighted by atomic mass is 10.1. The van der Waals surface area contributed by atoms with E-state index in [2.05, 4.69) is 26.0 Å². The second-order valence-corrected chi connectivity index (χ2v) is 5.00. The first-order valence-electron chi connectivity index (χ1n) is 5.50. The standard InChI is InChI=1S/C12H11BrClN3O2/c1-19-5-4-17-11(9(13)7-16-17)12(18)8-2-3-10(14)15-6-8/h2-3,6-7H,4-5H2,1H3. The van der Waals surface area contributed by atoms with Gasteiger partial charge in [-0.1, -0.05) is 11.6 Å². The first kappa shape index (κ1) is 14.2. The van der Waals surface area contributed by atoms with Gasteiger partial charge in [-0.2, -0.15) is 5.10 Å². The summed E-state index contributed by atoms with van der Waals surface area (Å²) in [5.74, 6) is -0.162. The van der Waals surface area contributed by atoms with E-state index >= 15 is 0 Å². The van der Waals surface area contributed by atoms with E-state index in [0.717, 1.165) is 0 Å². The number of carbonyl (C=O) groups excluding carboxylic acids is 1. The quantitative estimate of drug-likeness (QED) is 0.618. The van der Waals surface area contributed by atoms with Gasteiger partial charge in [0.05, 0.1) is 23.8 Å². The Morgan fingerprint density at radius 2 is 2.26 bits per heavy atom. The summed E-state index contributed by atoms with van der Waals surface area (Å²) < 4.78 is 7.24. The van der Waals surface area contributed by atoms with Gasteiger partial charge >= 0.3 is 0 Å². The van der Waals surface area contributed by atoms with Gasteiger partial charge in [0.25, 0.3) is 0 Å². The average molecular weight is 345 g/mol. The third-order valence-electron chi connectivity index (χ3n) is 2.51.